The zero-order valence-electron chi connectivity index (χ0n) is 15.9. The second-order valence-corrected chi connectivity index (χ2v) is 6.82. The first-order valence-electron chi connectivity index (χ1n) is 9.30. The Labute approximate surface area is 168 Å². The average Bonchev–Trinajstić information content (AvgIpc) is 3.18. The molecule has 29 heavy (non-hydrogen) atoms. The lowest BCUT2D eigenvalue weighted by atomic mass is 10.1. The van der Waals surface area contributed by atoms with Crippen molar-refractivity contribution in [2.75, 3.05) is 5.32 Å². The van der Waals surface area contributed by atoms with Crippen LogP contribution in [-0.4, -0.2) is 25.6 Å². The molecule has 0 radical (unpaired) electrons. The molecule has 0 bridgehead atoms. The summed E-state index contributed by atoms with van der Waals surface area (Å²) in [4.78, 5) is 20.3. The summed E-state index contributed by atoms with van der Waals surface area (Å²) in [6.07, 6.45) is 3.54. The first-order valence-corrected chi connectivity index (χ1v) is 9.30. The van der Waals surface area contributed by atoms with Crippen molar-refractivity contribution in [2.45, 2.75) is 19.5 Å². The minimum atomic E-state index is -0.529. The zero-order valence-corrected chi connectivity index (χ0v) is 15.9. The van der Waals surface area contributed by atoms with Crippen LogP contribution in [0.25, 0.3) is 11.0 Å². The molecule has 4 aromatic rings. The maximum atomic E-state index is 11.5. The quantitative estimate of drug-likeness (QED) is 0.346. The molecule has 0 aliphatic heterocycles. The van der Waals surface area contributed by atoms with Gasteiger partial charge in [-0.05, 0) is 36.2 Å². The third-order valence-electron chi connectivity index (χ3n) is 4.88. The third-order valence-corrected chi connectivity index (χ3v) is 4.88. The van der Waals surface area contributed by atoms with E-state index in [4.69, 9.17) is 5.21 Å². The molecule has 1 amide bonds. The maximum Gasteiger partial charge on any atom is 0.274 e. The molecule has 7 nitrogen and oxygen atoms in total. The molecule has 7 heteroatoms. The molecule has 4 rings (SSSR count). The zero-order chi connectivity index (χ0) is 20.2. The van der Waals surface area contributed by atoms with Crippen molar-refractivity contribution in [2.24, 2.45) is 0 Å². The van der Waals surface area contributed by atoms with Gasteiger partial charge in [0.1, 0.15) is 17.8 Å². The molecular weight excluding hydrogens is 366 g/mol. The highest BCUT2D eigenvalue weighted by molar-refractivity contribution is 5.93. The van der Waals surface area contributed by atoms with E-state index in [0.717, 1.165) is 22.4 Å². The second-order valence-electron chi connectivity index (χ2n) is 6.82. The highest BCUT2D eigenvalue weighted by Gasteiger charge is 2.12. The fourth-order valence-corrected chi connectivity index (χ4v) is 3.30. The number of fused-ring (bicyclic) bond motifs is 1. The molecule has 0 spiro atoms. The summed E-state index contributed by atoms with van der Waals surface area (Å²) >= 11 is 0. The highest BCUT2D eigenvalue weighted by atomic mass is 16.5. The Hall–Kier alpha value is -3.71. The van der Waals surface area contributed by atoms with Crippen molar-refractivity contribution < 1.29 is 10.0 Å². The van der Waals surface area contributed by atoms with Gasteiger partial charge in [0.15, 0.2) is 0 Å². The molecule has 2 aromatic heterocycles. The van der Waals surface area contributed by atoms with E-state index in [1.165, 1.54) is 5.56 Å². The molecule has 0 saturated carbocycles. The van der Waals surface area contributed by atoms with Gasteiger partial charge in [-0.3, -0.25) is 10.0 Å². The van der Waals surface area contributed by atoms with Crippen molar-refractivity contribution >= 4 is 22.8 Å². The number of amides is 1. The lowest BCUT2D eigenvalue weighted by Crippen LogP contribution is -2.18. The van der Waals surface area contributed by atoms with Crippen LogP contribution in [0.3, 0.4) is 0 Å². The van der Waals surface area contributed by atoms with Crippen molar-refractivity contribution in [3.05, 3.63) is 89.9 Å². The number of hydrogen-bond acceptors (Lipinski definition) is 5. The number of aromatic nitrogens is 3. The molecular formula is C22H21N5O2. The van der Waals surface area contributed by atoms with Crippen LogP contribution in [-0.2, 0) is 6.54 Å². The summed E-state index contributed by atoms with van der Waals surface area (Å²) in [5.74, 6) is 0.263. The molecule has 0 aliphatic carbocycles. The molecule has 1 atom stereocenters. The number of rotatable bonds is 6. The van der Waals surface area contributed by atoms with Crippen LogP contribution in [0, 0.1) is 0 Å². The fraction of sp³-hybridized carbons (Fsp3) is 0.136. The summed E-state index contributed by atoms with van der Waals surface area (Å²) in [5.41, 5.74) is 5.07. The predicted octanol–water partition coefficient (Wildman–Crippen LogP) is 3.77. The van der Waals surface area contributed by atoms with E-state index in [9.17, 15) is 4.79 Å². The largest absolute Gasteiger partial charge is 0.363 e. The molecule has 2 heterocycles. The van der Waals surface area contributed by atoms with Gasteiger partial charge in [-0.1, -0.05) is 42.5 Å². The third kappa shape index (κ3) is 3.95. The van der Waals surface area contributed by atoms with E-state index in [-0.39, 0.29) is 6.04 Å². The predicted molar refractivity (Wildman–Crippen MR) is 111 cm³/mol. The lowest BCUT2D eigenvalue weighted by Gasteiger charge is -2.15. The Morgan fingerprint density at radius 2 is 1.83 bits per heavy atom. The SMILES string of the molecule is C[C@H](Nc1ncnc2c1ccn2Cc1ccc(C(=O)NO)cc1)c1ccccc1. The van der Waals surface area contributed by atoms with Crippen LogP contribution >= 0.6 is 0 Å². The van der Waals surface area contributed by atoms with Crippen molar-refractivity contribution in [1.82, 2.24) is 20.0 Å². The van der Waals surface area contributed by atoms with Gasteiger partial charge >= 0.3 is 0 Å². The summed E-state index contributed by atoms with van der Waals surface area (Å²) in [6.45, 7) is 2.71. The molecule has 2 aromatic carbocycles. The van der Waals surface area contributed by atoms with Crippen molar-refractivity contribution in [1.29, 1.82) is 0 Å². The Balaban J connectivity index is 1.56. The first kappa shape index (κ1) is 18.6. The van der Waals surface area contributed by atoms with Crippen LogP contribution in [0.4, 0.5) is 5.82 Å². The van der Waals surface area contributed by atoms with Gasteiger partial charge in [-0.2, -0.15) is 0 Å². The number of nitrogens with one attached hydrogen (secondary N) is 2. The fourth-order valence-electron chi connectivity index (χ4n) is 3.30. The van der Waals surface area contributed by atoms with Gasteiger partial charge in [0.05, 0.1) is 5.39 Å². The number of benzene rings is 2. The van der Waals surface area contributed by atoms with Gasteiger partial charge in [0.2, 0.25) is 0 Å². The number of carbonyl (C=O) groups excluding carboxylic acids is 1. The summed E-state index contributed by atoms with van der Waals surface area (Å²) in [6, 6.07) is 19.4. The monoisotopic (exact) mass is 387 g/mol. The number of hydroxylamine groups is 1. The van der Waals surface area contributed by atoms with E-state index in [2.05, 4.69) is 34.3 Å². The van der Waals surface area contributed by atoms with Crippen molar-refractivity contribution in [3.63, 3.8) is 0 Å². The second kappa shape index (κ2) is 8.12. The number of anilines is 1. The molecule has 0 saturated heterocycles. The first-order chi connectivity index (χ1) is 14.2. The van der Waals surface area contributed by atoms with Crippen LogP contribution in [0.5, 0.6) is 0 Å². The molecule has 0 aliphatic rings. The van der Waals surface area contributed by atoms with E-state index in [1.54, 1.807) is 23.9 Å². The normalized spacial score (nSPS) is 11.9. The lowest BCUT2D eigenvalue weighted by molar-refractivity contribution is 0.0706. The Bertz CT molecular complexity index is 1120. The maximum absolute atomic E-state index is 11.5. The van der Waals surface area contributed by atoms with Gasteiger partial charge in [-0.25, -0.2) is 15.4 Å². The molecule has 146 valence electrons. The topological polar surface area (TPSA) is 92.1 Å². The van der Waals surface area contributed by atoms with E-state index in [0.29, 0.717) is 12.1 Å². The van der Waals surface area contributed by atoms with Crippen LogP contribution in [0.1, 0.15) is 34.5 Å². The minimum absolute atomic E-state index is 0.114. The standard InChI is InChI=1S/C22H21N5O2/c1-15(17-5-3-2-4-6-17)25-20-19-11-12-27(21(19)24-14-23-20)13-16-7-9-18(10-8-16)22(28)26-29/h2-12,14-15,29H,13H2,1H3,(H,26,28)(H,23,24,25)/t15-/m0/s1. The van der Waals surface area contributed by atoms with Gasteiger partial charge in [-0.15, -0.1) is 0 Å². The molecule has 0 fully saturated rings. The van der Waals surface area contributed by atoms with E-state index >= 15 is 0 Å². The number of carbonyl (C=O) groups is 1. The van der Waals surface area contributed by atoms with E-state index in [1.807, 2.05) is 47.2 Å². The van der Waals surface area contributed by atoms with Crippen LogP contribution in [0.15, 0.2) is 73.2 Å². The average molecular weight is 387 g/mol. The van der Waals surface area contributed by atoms with Crippen LogP contribution in [0.2, 0.25) is 0 Å². The molecule has 3 N–H and O–H groups in total. The number of nitrogens with zero attached hydrogens (tertiary/aromatic N) is 3. The van der Waals surface area contributed by atoms with Gasteiger partial charge in [0, 0.05) is 24.3 Å². The Morgan fingerprint density at radius 3 is 2.55 bits per heavy atom. The minimum Gasteiger partial charge on any atom is -0.363 e. The Kier molecular flexibility index (Phi) is 5.22. The van der Waals surface area contributed by atoms with E-state index < -0.39 is 5.91 Å². The van der Waals surface area contributed by atoms with Crippen molar-refractivity contribution in [3.8, 4) is 0 Å². The summed E-state index contributed by atoms with van der Waals surface area (Å²) in [5, 5.41) is 13.1. The molecule has 0 unspecified atom stereocenters. The smallest absolute Gasteiger partial charge is 0.274 e. The summed E-state index contributed by atoms with van der Waals surface area (Å²) < 4.78 is 2.04. The summed E-state index contributed by atoms with van der Waals surface area (Å²) in [7, 11) is 0. The van der Waals surface area contributed by atoms with Gasteiger partial charge < -0.3 is 9.88 Å². The number of hydrogen-bond donors (Lipinski definition) is 3. The highest BCUT2D eigenvalue weighted by Crippen LogP contribution is 2.25. The Morgan fingerprint density at radius 1 is 1.07 bits per heavy atom. The van der Waals surface area contributed by atoms with Crippen LogP contribution < -0.4 is 10.8 Å². The van der Waals surface area contributed by atoms with Gasteiger partial charge in [0.25, 0.3) is 5.91 Å².